The van der Waals surface area contributed by atoms with E-state index in [2.05, 4.69) is 18.9 Å². The maximum atomic E-state index is 13.4. The fourth-order valence-corrected chi connectivity index (χ4v) is 2.80. The highest BCUT2D eigenvalue weighted by atomic mass is 32.2. The standard InChI is InChI=1S/C14H18FN3OS/c1-3-10(2)18-7-6-11(17-18)9-20(19)12-4-5-14(16)13(15)8-12/h4-8,10H,3,9,16H2,1-2H3. The highest BCUT2D eigenvalue weighted by molar-refractivity contribution is 7.84. The Hall–Kier alpha value is -1.69. The number of anilines is 1. The van der Waals surface area contributed by atoms with Gasteiger partial charge >= 0.3 is 0 Å². The van der Waals surface area contributed by atoms with Gasteiger partial charge in [0.2, 0.25) is 0 Å². The maximum Gasteiger partial charge on any atom is 0.147 e. The first kappa shape index (κ1) is 14.7. The van der Waals surface area contributed by atoms with Gasteiger partial charge < -0.3 is 5.73 Å². The fraction of sp³-hybridized carbons (Fsp3) is 0.357. The number of benzene rings is 1. The van der Waals surface area contributed by atoms with E-state index in [1.165, 1.54) is 12.1 Å². The number of halogens is 1. The molecule has 0 aliphatic carbocycles. The van der Waals surface area contributed by atoms with Crippen molar-refractivity contribution in [1.29, 1.82) is 0 Å². The van der Waals surface area contributed by atoms with Gasteiger partial charge in [-0.05, 0) is 37.6 Å². The van der Waals surface area contributed by atoms with Crippen LogP contribution in [-0.4, -0.2) is 14.0 Å². The molecule has 2 rings (SSSR count). The Morgan fingerprint density at radius 1 is 1.45 bits per heavy atom. The van der Waals surface area contributed by atoms with Crippen molar-refractivity contribution < 1.29 is 8.60 Å². The number of nitrogens with zero attached hydrogens (tertiary/aromatic N) is 2. The zero-order valence-electron chi connectivity index (χ0n) is 11.5. The van der Waals surface area contributed by atoms with Gasteiger partial charge in [-0.3, -0.25) is 8.89 Å². The lowest BCUT2D eigenvalue weighted by Gasteiger charge is -2.08. The summed E-state index contributed by atoms with van der Waals surface area (Å²) in [4.78, 5) is 0.426. The Morgan fingerprint density at radius 2 is 2.20 bits per heavy atom. The summed E-state index contributed by atoms with van der Waals surface area (Å²) in [6.07, 6.45) is 2.86. The molecule has 0 saturated carbocycles. The molecule has 0 aliphatic heterocycles. The molecule has 1 aromatic heterocycles. The van der Waals surface area contributed by atoms with Gasteiger partial charge in [0.25, 0.3) is 0 Å². The van der Waals surface area contributed by atoms with Gasteiger partial charge in [0, 0.05) is 17.1 Å². The monoisotopic (exact) mass is 295 g/mol. The minimum absolute atomic E-state index is 0.0619. The van der Waals surface area contributed by atoms with Crippen molar-refractivity contribution in [3.05, 3.63) is 42.0 Å². The molecule has 0 fully saturated rings. The van der Waals surface area contributed by atoms with Gasteiger partial charge in [0.1, 0.15) is 5.82 Å². The highest BCUT2D eigenvalue weighted by Gasteiger charge is 2.11. The molecule has 0 amide bonds. The van der Waals surface area contributed by atoms with Crippen LogP contribution in [0.25, 0.3) is 0 Å². The quantitative estimate of drug-likeness (QED) is 0.863. The summed E-state index contributed by atoms with van der Waals surface area (Å²) < 4.78 is 27.4. The zero-order valence-corrected chi connectivity index (χ0v) is 12.4. The van der Waals surface area contributed by atoms with Crippen molar-refractivity contribution in [2.45, 2.75) is 37.0 Å². The largest absolute Gasteiger partial charge is 0.396 e. The van der Waals surface area contributed by atoms with E-state index in [1.54, 1.807) is 6.07 Å². The summed E-state index contributed by atoms with van der Waals surface area (Å²) in [6.45, 7) is 4.16. The average molecular weight is 295 g/mol. The van der Waals surface area contributed by atoms with E-state index < -0.39 is 16.6 Å². The molecule has 1 heterocycles. The minimum atomic E-state index is -1.33. The SMILES string of the molecule is CCC(C)n1ccc(CS(=O)c2ccc(N)c(F)c2)n1. The third-order valence-electron chi connectivity index (χ3n) is 3.22. The van der Waals surface area contributed by atoms with Crippen LogP contribution in [0, 0.1) is 5.82 Å². The van der Waals surface area contributed by atoms with E-state index in [0.717, 1.165) is 12.1 Å². The van der Waals surface area contributed by atoms with E-state index in [1.807, 2.05) is 16.9 Å². The molecule has 0 saturated heterocycles. The Balaban J connectivity index is 2.11. The van der Waals surface area contributed by atoms with Crippen LogP contribution in [0.4, 0.5) is 10.1 Å². The zero-order chi connectivity index (χ0) is 14.7. The molecule has 6 heteroatoms. The summed E-state index contributed by atoms with van der Waals surface area (Å²) in [7, 11) is -1.33. The average Bonchev–Trinajstić information content (AvgIpc) is 2.89. The van der Waals surface area contributed by atoms with E-state index in [-0.39, 0.29) is 11.4 Å². The number of nitrogens with two attached hydrogens (primary N) is 1. The van der Waals surface area contributed by atoms with Gasteiger partial charge in [-0.25, -0.2) is 4.39 Å². The van der Waals surface area contributed by atoms with Gasteiger partial charge in [0.05, 0.1) is 27.9 Å². The van der Waals surface area contributed by atoms with Gasteiger partial charge in [-0.1, -0.05) is 6.92 Å². The van der Waals surface area contributed by atoms with Gasteiger partial charge in [-0.15, -0.1) is 0 Å². The number of aromatic nitrogens is 2. The topological polar surface area (TPSA) is 60.9 Å². The maximum absolute atomic E-state index is 13.4. The normalized spacial score (nSPS) is 14.2. The van der Waals surface area contributed by atoms with Crippen molar-refractivity contribution in [3.8, 4) is 0 Å². The molecule has 108 valence electrons. The van der Waals surface area contributed by atoms with Crippen molar-refractivity contribution in [1.82, 2.24) is 9.78 Å². The van der Waals surface area contributed by atoms with E-state index in [9.17, 15) is 8.60 Å². The first-order chi connectivity index (χ1) is 9.51. The van der Waals surface area contributed by atoms with E-state index in [0.29, 0.717) is 10.9 Å². The predicted octanol–water partition coefficient (Wildman–Crippen LogP) is 2.88. The summed E-state index contributed by atoms with van der Waals surface area (Å²) >= 11 is 0. The Labute approximate surface area is 120 Å². The lowest BCUT2D eigenvalue weighted by molar-refractivity contribution is 0.475. The second kappa shape index (κ2) is 6.17. The number of hydrogen-bond acceptors (Lipinski definition) is 3. The van der Waals surface area contributed by atoms with Crippen molar-refractivity contribution in [2.75, 3.05) is 5.73 Å². The second-order valence-electron chi connectivity index (χ2n) is 4.72. The molecule has 0 spiro atoms. The summed E-state index contributed by atoms with van der Waals surface area (Å²) in [5, 5.41) is 4.39. The lowest BCUT2D eigenvalue weighted by Crippen LogP contribution is -2.06. The first-order valence-electron chi connectivity index (χ1n) is 6.48. The smallest absolute Gasteiger partial charge is 0.147 e. The number of nitrogen functional groups attached to an aromatic ring is 1. The van der Waals surface area contributed by atoms with Crippen LogP contribution in [0.5, 0.6) is 0 Å². The van der Waals surface area contributed by atoms with Crippen LogP contribution in [-0.2, 0) is 16.6 Å². The third kappa shape index (κ3) is 3.25. The van der Waals surface area contributed by atoms with Gasteiger partial charge in [0.15, 0.2) is 0 Å². The minimum Gasteiger partial charge on any atom is -0.396 e. The van der Waals surface area contributed by atoms with Crippen LogP contribution in [0.1, 0.15) is 32.0 Å². The van der Waals surface area contributed by atoms with Crippen LogP contribution in [0.3, 0.4) is 0 Å². The molecule has 1 aromatic carbocycles. The van der Waals surface area contributed by atoms with Crippen LogP contribution in [0.15, 0.2) is 35.4 Å². The third-order valence-corrected chi connectivity index (χ3v) is 4.56. The molecule has 0 aliphatic rings. The molecular weight excluding hydrogens is 277 g/mol. The Bertz CT molecular complexity index is 627. The van der Waals surface area contributed by atoms with Gasteiger partial charge in [-0.2, -0.15) is 5.10 Å². The highest BCUT2D eigenvalue weighted by Crippen LogP contribution is 2.17. The molecule has 0 radical (unpaired) electrons. The first-order valence-corrected chi connectivity index (χ1v) is 7.80. The molecular formula is C14H18FN3OS. The molecule has 4 nitrogen and oxygen atoms in total. The van der Waals surface area contributed by atoms with Crippen molar-refractivity contribution >= 4 is 16.5 Å². The van der Waals surface area contributed by atoms with Crippen molar-refractivity contribution in [3.63, 3.8) is 0 Å². The summed E-state index contributed by atoms with van der Waals surface area (Å²) in [5.41, 5.74) is 6.20. The lowest BCUT2D eigenvalue weighted by atomic mass is 10.3. The van der Waals surface area contributed by atoms with Crippen LogP contribution < -0.4 is 5.73 Å². The second-order valence-corrected chi connectivity index (χ2v) is 6.17. The molecule has 2 atom stereocenters. The molecule has 2 unspecified atom stereocenters. The van der Waals surface area contributed by atoms with Crippen LogP contribution in [0.2, 0.25) is 0 Å². The van der Waals surface area contributed by atoms with Crippen molar-refractivity contribution in [2.24, 2.45) is 0 Å². The summed E-state index contributed by atoms with van der Waals surface area (Å²) in [6, 6.07) is 6.39. The molecule has 0 bridgehead atoms. The van der Waals surface area contributed by atoms with E-state index in [4.69, 9.17) is 5.73 Å². The summed E-state index contributed by atoms with van der Waals surface area (Å²) in [5.74, 6) is -0.270. The molecule has 20 heavy (non-hydrogen) atoms. The molecule has 2 aromatic rings. The Morgan fingerprint density at radius 3 is 2.85 bits per heavy atom. The Kier molecular flexibility index (Phi) is 4.54. The molecule has 2 N–H and O–H groups in total. The van der Waals surface area contributed by atoms with E-state index >= 15 is 0 Å². The number of hydrogen-bond donors (Lipinski definition) is 1. The predicted molar refractivity (Wildman–Crippen MR) is 78.2 cm³/mol. The fourth-order valence-electron chi connectivity index (χ4n) is 1.75. The van der Waals surface area contributed by atoms with Crippen LogP contribution >= 0.6 is 0 Å². The number of rotatable bonds is 5.